The van der Waals surface area contributed by atoms with Gasteiger partial charge in [-0.05, 0) is 13.8 Å². The average Bonchev–Trinajstić information content (AvgIpc) is 2.29. The number of esters is 1. The van der Waals surface area contributed by atoms with Crippen LogP contribution in [0, 0.1) is 0 Å². The van der Waals surface area contributed by atoms with Gasteiger partial charge in [0.25, 0.3) is 0 Å². The van der Waals surface area contributed by atoms with Gasteiger partial charge in [-0.25, -0.2) is 9.18 Å². The number of ketones is 1. The van der Waals surface area contributed by atoms with E-state index in [1.165, 1.54) is 31.2 Å². The maximum atomic E-state index is 13.5. The number of ether oxygens (including phenoxy) is 1. The summed E-state index contributed by atoms with van der Waals surface area (Å²) >= 11 is 0. The van der Waals surface area contributed by atoms with E-state index in [0.29, 0.717) is 5.56 Å². The van der Waals surface area contributed by atoms with Crippen LogP contribution in [0.2, 0.25) is 0 Å². The van der Waals surface area contributed by atoms with Gasteiger partial charge in [-0.3, -0.25) is 4.79 Å². The minimum atomic E-state index is -0.722. The summed E-state index contributed by atoms with van der Waals surface area (Å²) in [4.78, 5) is 22.0. The first kappa shape index (κ1) is 13.1. The van der Waals surface area contributed by atoms with Crippen molar-refractivity contribution in [3.05, 3.63) is 41.5 Å². The summed E-state index contributed by atoms with van der Waals surface area (Å²) in [6, 6.07) is 5.91. The lowest BCUT2D eigenvalue weighted by Gasteiger charge is -2.00. The van der Waals surface area contributed by atoms with Gasteiger partial charge in [-0.15, -0.1) is 0 Å². The number of benzene rings is 1. The zero-order valence-electron chi connectivity index (χ0n) is 9.70. The number of hydrogen-bond donors (Lipinski definition) is 0. The molecule has 0 atom stereocenters. The van der Waals surface area contributed by atoms with Crippen LogP contribution in [0.25, 0.3) is 5.83 Å². The van der Waals surface area contributed by atoms with Crippen molar-refractivity contribution in [1.29, 1.82) is 0 Å². The minimum absolute atomic E-state index is 0.0914. The number of Topliss-reactive ketones (excluding diaryl/α,β-unsaturated/α-hetero) is 1. The Morgan fingerprint density at radius 3 is 2.24 bits per heavy atom. The number of hydrogen-bond acceptors (Lipinski definition) is 3. The Kier molecular flexibility index (Phi) is 4.57. The lowest BCUT2D eigenvalue weighted by Crippen LogP contribution is -2.00. The molecule has 90 valence electrons. The summed E-state index contributed by atoms with van der Waals surface area (Å²) < 4.78 is 18.1. The summed E-state index contributed by atoms with van der Waals surface area (Å²) in [7, 11) is 0. The number of carbonyl (C=O) groups excluding carboxylic acids is 2. The van der Waals surface area contributed by atoms with E-state index in [4.69, 9.17) is 0 Å². The zero-order chi connectivity index (χ0) is 12.8. The molecule has 0 saturated heterocycles. The maximum absolute atomic E-state index is 13.5. The highest BCUT2D eigenvalue weighted by Crippen LogP contribution is 2.16. The molecule has 0 radical (unpaired) electrons. The van der Waals surface area contributed by atoms with E-state index in [1.807, 2.05) is 0 Å². The molecule has 3 nitrogen and oxygen atoms in total. The van der Waals surface area contributed by atoms with Gasteiger partial charge in [0.05, 0.1) is 12.7 Å². The lowest BCUT2D eigenvalue weighted by atomic mass is 10.1. The van der Waals surface area contributed by atoms with E-state index < -0.39 is 11.8 Å². The molecular formula is C13H13FO3. The molecule has 17 heavy (non-hydrogen) atoms. The normalized spacial score (nSPS) is 11.1. The highest BCUT2D eigenvalue weighted by molar-refractivity contribution is 5.94. The largest absolute Gasteiger partial charge is 0.463 e. The van der Waals surface area contributed by atoms with E-state index in [0.717, 1.165) is 6.08 Å². The Bertz CT molecular complexity index is 446. The fourth-order valence-electron chi connectivity index (χ4n) is 1.23. The predicted molar refractivity (Wildman–Crippen MR) is 62.2 cm³/mol. The minimum Gasteiger partial charge on any atom is -0.463 e. The molecule has 1 rings (SSSR count). The zero-order valence-corrected chi connectivity index (χ0v) is 9.70. The van der Waals surface area contributed by atoms with Crippen molar-refractivity contribution in [2.24, 2.45) is 0 Å². The molecule has 0 unspecified atom stereocenters. The first-order chi connectivity index (χ1) is 8.04. The molecule has 0 bridgehead atoms. The van der Waals surface area contributed by atoms with E-state index >= 15 is 0 Å². The van der Waals surface area contributed by atoms with Crippen LogP contribution in [0.5, 0.6) is 0 Å². The molecule has 0 heterocycles. The van der Waals surface area contributed by atoms with Gasteiger partial charge >= 0.3 is 5.97 Å². The molecule has 0 amide bonds. The predicted octanol–water partition coefficient (Wildman–Crippen LogP) is 2.76. The summed E-state index contributed by atoms with van der Waals surface area (Å²) in [6.07, 6.45) is 0.784. The van der Waals surface area contributed by atoms with E-state index in [2.05, 4.69) is 4.74 Å². The Balaban J connectivity index is 2.86. The summed E-state index contributed by atoms with van der Waals surface area (Å²) in [6.45, 7) is 3.27. The molecule has 0 aliphatic heterocycles. The number of halogens is 1. The second kappa shape index (κ2) is 5.94. The fourth-order valence-corrected chi connectivity index (χ4v) is 1.23. The molecule has 0 aliphatic rings. The Morgan fingerprint density at radius 1 is 1.24 bits per heavy atom. The molecule has 1 aromatic rings. The van der Waals surface area contributed by atoms with Crippen LogP contribution in [0.1, 0.15) is 29.8 Å². The average molecular weight is 236 g/mol. The van der Waals surface area contributed by atoms with E-state index in [-0.39, 0.29) is 18.0 Å². The van der Waals surface area contributed by atoms with Crippen LogP contribution in [-0.4, -0.2) is 18.4 Å². The van der Waals surface area contributed by atoms with Crippen LogP contribution in [0.4, 0.5) is 4.39 Å². The SMILES string of the molecule is CCOC(=O)/C=C(\F)c1ccc(C(C)=O)cc1. The van der Waals surface area contributed by atoms with Gasteiger partial charge in [0.2, 0.25) is 0 Å². The van der Waals surface area contributed by atoms with Gasteiger partial charge in [0.15, 0.2) is 5.78 Å². The quantitative estimate of drug-likeness (QED) is 0.458. The third-order valence-electron chi connectivity index (χ3n) is 2.10. The molecule has 0 spiro atoms. The summed E-state index contributed by atoms with van der Waals surface area (Å²) in [5.41, 5.74) is 0.737. The van der Waals surface area contributed by atoms with Crippen LogP contribution in [-0.2, 0) is 9.53 Å². The van der Waals surface area contributed by atoms with Crippen LogP contribution < -0.4 is 0 Å². The van der Waals surface area contributed by atoms with Crippen molar-refractivity contribution in [3.8, 4) is 0 Å². The summed E-state index contributed by atoms with van der Waals surface area (Å²) in [5, 5.41) is 0. The highest BCUT2D eigenvalue weighted by Gasteiger charge is 2.05. The van der Waals surface area contributed by atoms with Crippen molar-refractivity contribution < 1.29 is 18.7 Å². The molecule has 0 saturated carbocycles. The first-order valence-electron chi connectivity index (χ1n) is 5.20. The molecule has 1 aromatic carbocycles. The van der Waals surface area contributed by atoms with Crippen LogP contribution in [0.15, 0.2) is 30.3 Å². The Morgan fingerprint density at radius 2 is 1.76 bits per heavy atom. The molecule has 0 fully saturated rings. The maximum Gasteiger partial charge on any atom is 0.333 e. The second-order valence-electron chi connectivity index (χ2n) is 3.38. The summed E-state index contributed by atoms with van der Waals surface area (Å²) in [5.74, 6) is -1.49. The molecule has 0 aromatic heterocycles. The standard InChI is InChI=1S/C13H13FO3/c1-3-17-13(16)8-12(14)11-6-4-10(5-7-11)9(2)15/h4-8H,3H2,1-2H3/b12-8-. The monoisotopic (exact) mass is 236 g/mol. The van der Waals surface area contributed by atoms with Crippen LogP contribution in [0.3, 0.4) is 0 Å². The molecule has 0 N–H and O–H groups in total. The van der Waals surface area contributed by atoms with E-state index in [9.17, 15) is 14.0 Å². The first-order valence-corrected chi connectivity index (χ1v) is 5.20. The van der Waals surface area contributed by atoms with Crippen molar-refractivity contribution >= 4 is 17.6 Å². The third kappa shape index (κ3) is 3.83. The Hall–Kier alpha value is -1.97. The topological polar surface area (TPSA) is 43.4 Å². The van der Waals surface area contributed by atoms with Crippen molar-refractivity contribution in [1.82, 2.24) is 0 Å². The van der Waals surface area contributed by atoms with Gasteiger partial charge in [-0.1, -0.05) is 24.3 Å². The Labute approximate surface area is 98.9 Å². The number of rotatable bonds is 4. The van der Waals surface area contributed by atoms with E-state index in [1.54, 1.807) is 6.92 Å². The van der Waals surface area contributed by atoms with Crippen molar-refractivity contribution in [2.45, 2.75) is 13.8 Å². The van der Waals surface area contributed by atoms with Crippen LogP contribution >= 0.6 is 0 Å². The smallest absolute Gasteiger partial charge is 0.333 e. The van der Waals surface area contributed by atoms with Gasteiger partial charge in [-0.2, -0.15) is 0 Å². The van der Waals surface area contributed by atoms with Gasteiger partial charge in [0, 0.05) is 11.1 Å². The van der Waals surface area contributed by atoms with Gasteiger partial charge in [0.1, 0.15) is 5.83 Å². The fraction of sp³-hybridized carbons (Fsp3) is 0.231. The number of carbonyl (C=O) groups is 2. The van der Waals surface area contributed by atoms with Gasteiger partial charge < -0.3 is 4.74 Å². The van der Waals surface area contributed by atoms with Crippen molar-refractivity contribution in [2.75, 3.05) is 6.61 Å². The highest BCUT2D eigenvalue weighted by atomic mass is 19.1. The third-order valence-corrected chi connectivity index (χ3v) is 2.10. The molecule has 0 aliphatic carbocycles. The molecule has 4 heteroatoms. The molecular weight excluding hydrogens is 223 g/mol. The second-order valence-corrected chi connectivity index (χ2v) is 3.38. The van der Waals surface area contributed by atoms with Crippen molar-refractivity contribution in [3.63, 3.8) is 0 Å². The lowest BCUT2D eigenvalue weighted by molar-refractivity contribution is -0.137.